The first-order valence-electron chi connectivity index (χ1n) is 7.53. The van der Waals surface area contributed by atoms with E-state index in [1.165, 1.54) is 0 Å². The van der Waals surface area contributed by atoms with Crippen LogP contribution in [0.25, 0.3) is 0 Å². The standard InChI is InChI=1S/C17H26N2O3/c1-13-6-5-7-14(12-13)22-11-10-18-15(20)8-9-19-16(21)17(2,3)4/h5-7,12H,8-11H2,1-4H3,(H,18,20)(H,19,21). The summed E-state index contributed by atoms with van der Waals surface area (Å²) in [6.45, 7) is 8.73. The van der Waals surface area contributed by atoms with Crippen LogP contribution in [0.3, 0.4) is 0 Å². The second kappa shape index (κ2) is 8.41. The Morgan fingerprint density at radius 1 is 1.14 bits per heavy atom. The molecule has 0 unspecified atom stereocenters. The van der Waals surface area contributed by atoms with E-state index >= 15 is 0 Å². The number of carbonyl (C=O) groups excluding carboxylic acids is 2. The zero-order chi connectivity index (χ0) is 16.6. The van der Waals surface area contributed by atoms with Crippen LogP contribution in [-0.2, 0) is 9.59 Å². The molecule has 122 valence electrons. The van der Waals surface area contributed by atoms with Crippen molar-refractivity contribution in [1.82, 2.24) is 10.6 Å². The Kier molecular flexibility index (Phi) is 6.89. The zero-order valence-corrected chi connectivity index (χ0v) is 13.9. The monoisotopic (exact) mass is 306 g/mol. The highest BCUT2D eigenvalue weighted by Gasteiger charge is 2.20. The molecular weight excluding hydrogens is 280 g/mol. The second-order valence-electron chi connectivity index (χ2n) is 6.27. The molecule has 22 heavy (non-hydrogen) atoms. The van der Waals surface area contributed by atoms with Gasteiger partial charge in [0.05, 0.1) is 6.54 Å². The molecule has 1 rings (SSSR count). The van der Waals surface area contributed by atoms with Crippen LogP contribution in [0.1, 0.15) is 32.8 Å². The summed E-state index contributed by atoms with van der Waals surface area (Å²) in [6.07, 6.45) is 0.270. The molecule has 1 aromatic carbocycles. The van der Waals surface area contributed by atoms with Crippen molar-refractivity contribution in [2.75, 3.05) is 19.7 Å². The van der Waals surface area contributed by atoms with Gasteiger partial charge in [0.1, 0.15) is 12.4 Å². The van der Waals surface area contributed by atoms with Gasteiger partial charge in [-0.15, -0.1) is 0 Å². The molecule has 1 aromatic rings. The Labute approximate surface area is 132 Å². The van der Waals surface area contributed by atoms with Gasteiger partial charge in [0.25, 0.3) is 0 Å². The van der Waals surface area contributed by atoms with Gasteiger partial charge in [0.15, 0.2) is 0 Å². The van der Waals surface area contributed by atoms with Gasteiger partial charge in [-0.05, 0) is 24.6 Å². The fourth-order valence-corrected chi connectivity index (χ4v) is 1.71. The third kappa shape index (κ3) is 7.11. The number of hydrogen-bond donors (Lipinski definition) is 2. The molecule has 0 aliphatic heterocycles. The number of benzene rings is 1. The van der Waals surface area contributed by atoms with Crippen LogP contribution < -0.4 is 15.4 Å². The quantitative estimate of drug-likeness (QED) is 0.758. The van der Waals surface area contributed by atoms with Crippen molar-refractivity contribution in [1.29, 1.82) is 0 Å². The van der Waals surface area contributed by atoms with Crippen LogP contribution in [0.4, 0.5) is 0 Å². The third-order valence-electron chi connectivity index (χ3n) is 3.00. The average Bonchev–Trinajstić information content (AvgIpc) is 2.42. The highest BCUT2D eigenvalue weighted by molar-refractivity contribution is 5.82. The van der Waals surface area contributed by atoms with Crippen molar-refractivity contribution in [3.05, 3.63) is 29.8 Å². The fraction of sp³-hybridized carbons (Fsp3) is 0.529. The van der Waals surface area contributed by atoms with Gasteiger partial charge in [-0.1, -0.05) is 32.9 Å². The van der Waals surface area contributed by atoms with Crippen LogP contribution >= 0.6 is 0 Å². The normalized spacial score (nSPS) is 10.9. The van der Waals surface area contributed by atoms with Gasteiger partial charge >= 0.3 is 0 Å². The van der Waals surface area contributed by atoms with E-state index in [0.29, 0.717) is 19.7 Å². The predicted octanol–water partition coefficient (Wildman–Crippen LogP) is 2.04. The van der Waals surface area contributed by atoms with Crippen molar-refractivity contribution in [2.24, 2.45) is 5.41 Å². The van der Waals surface area contributed by atoms with Gasteiger partial charge in [-0.3, -0.25) is 9.59 Å². The fourth-order valence-electron chi connectivity index (χ4n) is 1.71. The van der Waals surface area contributed by atoms with Gasteiger partial charge in [-0.25, -0.2) is 0 Å². The lowest BCUT2D eigenvalue weighted by atomic mass is 9.96. The minimum atomic E-state index is -0.432. The number of ether oxygens (including phenoxy) is 1. The minimum Gasteiger partial charge on any atom is -0.492 e. The first-order valence-corrected chi connectivity index (χ1v) is 7.53. The minimum absolute atomic E-state index is 0.0527. The van der Waals surface area contributed by atoms with E-state index in [4.69, 9.17) is 4.74 Å². The van der Waals surface area contributed by atoms with Crippen LogP contribution in [0.2, 0.25) is 0 Å². The Morgan fingerprint density at radius 2 is 1.86 bits per heavy atom. The van der Waals surface area contributed by atoms with E-state index < -0.39 is 5.41 Å². The zero-order valence-electron chi connectivity index (χ0n) is 13.9. The molecule has 2 N–H and O–H groups in total. The first kappa shape index (κ1) is 18.0. The molecule has 5 nitrogen and oxygen atoms in total. The van der Waals surface area contributed by atoms with E-state index in [-0.39, 0.29) is 18.2 Å². The van der Waals surface area contributed by atoms with Crippen molar-refractivity contribution in [3.63, 3.8) is 0 Å². The van der Waals surface area contributed by atoms with E-state index in [0.717, 1.165) is 11.3 Å². The van der Waals surface area contributed by atoms with E-state index in [1.807, 2.05) is 52.0 Å². The van der Waals surface area contributed by atoms with Crippen molar-refractivity contribution < 1.29 is 14.3 Å². The van der Waals surface area contributed by atoms with Crippen LogP contribution in [0, 0.1) is 12.3 Å². The molecule has 0 saturated carbocycles. The summed E-state index contributed by atoms with van der Waals surface area (Å²) in [4.78, 5) is 23.2. The Bertz CT molecular complexity index is 507. The molecule has 0 spiro atoms. The molecular formula is C17H26N2O3. The number of aryl methyl sites for hydroxylation is 1. The summed E-state index contributed by atoms with van der Waals surface area (Å²) in [5, 5.41) is 5.51. The average molecular weight is 306 g/mol. The summed E-state index contributed by atoms with van der Waals surface area (Å²) in [5.41, 5.74) is 0.703. The largest absolute Gasteiger partial charge is 0.492 e. The number of amides is 2. The molecule has 0 aliphatic carbocycles. The first-order chi connectivity index (χ1) is 10.3. The molecule has 0 saturated heterocycles. The maximum Gasteiger partial charge on any atom is 0.225 e. The molecule has 0 heterocycles. The summed E-state index contributed by atoms with van der Waals surface area (Å²) < 4.78 is 5.54. The molecule has 0 radical (unpaired) electrons. The molecule has 0 aliphatic rings. The lowest BCUT2D eigenvalue weighted by molar-refractivity contribution is -0.128. The van der Waals surface area contributed by atoms with Crippen LogP contribution in [0.5, 0.6) is 5.75 Å². The Hall–Kier alpha value is -2.04. The molecule has 0 fully saturated rings. The molecule has 0 bridgehead atoms. The van der Waals surface area contributed by atoms with E-state index in [2.05, 4.69) is 10.6 Å². The molecule has 0 aromatic heterocycles. The topological polar surface area (TPSA) is 67.4 Å². The van der Waals surface area contributed by atoms with E-state index in [1.54, 1.807) is 0 Å². The molecule has 5 heteroatoms. The highest BCUT2D eigenvalue weighted by atomic mass is 16.5. The number of nitrogens with one attached hydrogen (secondary N) is 2. The van der Waals surface area contributed by atoms with Gasteiger partial charge in [0, 0.05) is 18.4 Å². The third-order valence-corrected chi connectivity index (χ3v) is 3.00. The highest BCUT2D eigenvalue weighted by Crippen LogP contribution is 2.12. The maximum atomic E-state index is 11.6. The summed E-state index contributed by atoms with van der Waals surface area (Å²) in [6, 6.07) is 7.77. The van der Waals surface area contributed by atoms with Gasteiger partial charge in [-0.2, -0.15) is 0 Å². The SMILES string of the molecule is Cc1cccc(OCCNC(=O)CCNC(=O)C(C)(C)C)c1. The predicted molar refractivity (Wildman–Crippen MR) is 86.8 cm³/mol. The molecule has 0 atom stereocenters. The van der Waals surface area contributed by atoms with Crippen molar-refractivity contribution in [3.8, 4) is 5.75 Å². The van der Waals surface area contributed by atoms with Gasteiger partial charge in [0.2, 0.25) is 11.8 Å². The van der Waals surface area contributed by atoms with E-state index in [9.17, 15) is 9.59 Å². The van der Waals surface area contributed by atoms with Crippen molar-refractivity contribution >= 4 is 11.8 Å². The maximum absolute atomic E-state index is 11.6. The summed E-state index contributed by atoms with van der Waals surface area (Å²) in [5.74, 6) is 0.650. The number of hydrogen-bond acceptors (Lipinski definition) is 3. The molecule has 2 amide bonds. The lowest BCUT2D eigenvalue weighted by Gasteiger charge is -2.17. The van der Waals surface area contributed by atoms with Crippen LogP contribution in [0.15, 0.2) is 24.3 Å². The Morgan fingerprint density at radius 3 is 2.50 bits per heavy atom. The number of rotatable bonds is 7. The Balaban J connectivity index is 2.12. The van der Waals surface area contributed by atoms with Crippen molar-refractivity contribution in [2.45, 2.75) is 34.1 Å². The van der Waals surface area contributed by atoms with Crippen LogP contribution in [-0.4, -0.2) is 31.5 Å². The number of carbonyl (C=O) groups is 2. The lowest BCUT2D eigenvalue weighted by Crippen LogP contribution is -2.37. The summed E-state index contributed by atoms with van der Waals surface area (Å²) >= 11 is 0. The summed E-state index contributed by atoms with van der Waals surface area (Å²) in [7, 11) is 0. The smallest absolute Gasteiger partial charge is 0.225 e. The second-order valence-corrected chi connectivity index (χ2v) is 6.27. The van der Waals surface area contributed by atoms with Gasteiger partial charge < -0.3 is 15.4 Å².